The molecule has 0 aliphatic heterocycles. The van der Waals surface area contributed by atoms with Crippen LogP contribution in [0.5, 0.6) is 0 Å². The van der Waals surface area contributed by atoms with Crippen molar-refractivity contribution in [2.24, 2.45) is 0 Å². The second-order valence-electron chi connectivity index (χ2n) is 6.51. The molecule has 0 radical (unpaired) electrons. The fourth-order valence-corrected chi connectivity index (χ4v) is 4.85. The first-order chi connectivity index (χ1) is 9.82. The molecule has 0 spiro atoms. The molecule has 0 unspecified atom stereocenters. The van der Waals surface area contributed by atoms with Gasteiger partial charge in [-0.25, -0.2) is 0 Å². The minimum absolute atomic E-state index is 1.26. The molecule has 0 N–H and O–H groups in total. The highest BCUT2D eigenvalue weighted by atomic mass is 28.3. The summed E-state index contributed by atoms with van der Waals surface area (Å²) in [5, 5.41) is 2.96. The minimum Gasteiger partial charge on any atom is -0.378 e. The lowest BCUT2D eigenvalue weighted by Gasteiger charge is -2.25. The molecular weight excluding hydrogens is 272 g/mol. The van der Waals surface area contributed by atoms with Gasteiger partial charge in [-0.15, -0.1) is 0 Å². The third-order valence-electron chi connectivity index (χ3n) is 4.21. The number of anilines is 2. The van der Waals surface area contributed by atoms with E-state index in [1.807, 2.05) is 0 Å². The van der Waals surface area contributed by atoms with Crippen molar-refractivity contribution < 1.29 is 0 Å². The Labute approximate surface area is 130 Å². The largest absolute Gasteiger partial charge is 0.378 e. The SMILES string of the molecule is CN(C)c1ccc([Si](C)(C)c2ccc(N(C)C)cc2)cc1. The average molecular weight is 299 g/mol. The Morgan fingerprint density at radius 2 is 0.857 bits per heavy atom. The highest BCUT2D eigenvalue weighted by Gasteiger charge is 2.25. The van der Waals surface area contributed by atoms with Crippen LogP contribution >= 0.6 is 0 Å². The standard InChI is InChI=1S/C18H26N2Si/c1-19(2)15-7-11-17(12-8-15)21(5,6)18-13-9-16(10-14-18)20(3)4/h7-14H,1-6H3. The van der Waals surface area contributed by atoms with Gasteiger partial charge in [0.1, 0.15) is 8.07 Å². The lowest BCUT2D eigenvalue weighted by Crippen LogP contribution is -2.52. The zero-order valence-electron chi connectivity index (χ0n) is 14.0. The lowest BCUT2D eigenvalue weighted by molar-refractivity contribution is 1.13. The van der Waals surface area contributed by atoms with Crippen LogP contribution in [-0.4, -0.2) is 36.3 Å². The average Bonchev–Trinajstić information content (AvgIpc) is 2.47. The van der Waals surface area contributed by atoms with Crippen LogP contribution in [0, 0.1) is 0 Å². The summed E-state index contributed by atoms with van der Waals surface area (Å²) in [6.07, 6.45) is 0. The van der Waals surface area contributed by atoms with Crippen LogP contribution in [0.4, 0.5) is 11.4 Å². The fourth-order valence-electron chi connectivity index (χ4n) is 2.52. The fraction of sp³-hybridized carbons (Fsp3) is 0.333. The van der Waals surface area contributed by atoms with E-state index in [0.29, 0.717) is 0 Å². The number of benzene rings is 2. The number of nitrogens with zero attached hydrogens (tertiary/aromatic N) is 2. The molecule has 0 amide bonds. The van der Waals surface area contributed by atoms with Crippen molar-refractivity contribution in [1.82, 2.24) is 0 Å². The van der Waals surface area contributed by atoms with E-state index >= 15 is 0 Å². The van der Waals surface area contributed by atoms with Crippen LogP contribution < -0.4 is 20.2 Å². The Kier molecular flexibility index (Phi) is 4.42. The predicted octanol–water partition coefficient (Wildman–Crippen LogP) is 2.64. The van der Waals surface area contributed by atoms with Crippen LogP contribution in [0.25, 0.3) is 0 Å². The maximum Gasteiger partial charge on any atom is 0.112 e. The van der Waals surface area contributed by atoms with Crippen molar-refractivity contribution >= 4 is 29.8 Å². The monoisotopic (exact) mass is 298 g/mol. The van der Waals surface area contributed by atoms with Gasteiger partial charge in [-0.3, -0.25) is 0 Å². The van der Waals surface area contributed by atoms with Gasteiger partial charge in [0.25, 0.3) is 0 Å². The van der Waals surface area contributed by atoms with Gasteiger partial charge in [0.15, 0.2) is 0 Å². The highest BCUT2D eigenvalue weighted by Crippen LogP contribution is 2.14. The summed E-state index contributed by atoms with van der Waals surface area (Å²) in [6.45, 7) is 4.84. The first kappa shape index (κ1) is 15.6. The molecule has 2 aromatic carbocycles. The lowest BCUT2D eigenvalue weighted by atomic mass is 10.3. The summed E-state index contributed by atoms with van der Waals surface area (Å²) in [6, 6.07) is 18.1. The van der Waals surface area contributed by atoms with Gasteiger partial charge in [-0.2, -0.15) is 0 Å². The summed E-state index contributed by atoms with van der Waals surface area (Å²) in [7, 11) is 6.72. The zero-order chi connectivity index (χ0) is 15.6. The second-order valence-corrected chi connectivity index (χ2v) is 10.9. The zero-order valence-corrected chi connectivity index (χ0v) is 15.0. The molecule has 112 valence electrons. The molecule has 0 heterocycles. The minimum atomic E-state index is -1.61. The third-order valence-corrected chi connectivity index (χ3v) is 7.76. The molecule has 0 saturated heterocycles. The van der Waals surface area contributed by atoms with Crippen LogP contribution in [0.15, 0.2) is 48.5 Å². The number of rotatable bonds is 4. The molecule has 2 nitrogen and oxygen atoms in total. The molecule has 0 fully saturated rings. The van der Waals surface area contributed by atoms with Crippen molar-refractivity contribution in [3.05, 3.63) is 48.5 Å². The van der Waals surface area contributed by atoms with Gasteiger partial charge in [0.05, 0.1) is 0 Å². The maximum atomic E-state index is 2.42. The van der Waals surface area contributed by atoms with Crippen LogP contribution in [0.2, 0.25) is 13.1 Å². The van der Waals surface area contributed by atoms with Crippen molar-refractivity contribution in [2.45, 2.75) is 13.1 Å². The third kappa shape index (κ3) is 3.30. The van der Waals surface area contributed by atoms with Crippen molar-refractivity contribution in [1.29, 1.82) is 0 Å². The highest BCUT2D eigenvalue weighted by molar-refractivity contribution is 7.00. The molecule has 0 bridgehead atoms. The molecule has 21 heavy (non-hydrogen) atoms. The Morgan fingerprint density at radius 1 is 0.571 bits per heavy atom. The molecule has 0 aliphatic carbocycles. The molecule has 0 aromatic heterocycles. The quantitative estimate of drug-likeness (QED) is 0.801. The summed E-state index contributed by atoms with van der Waals surface area (Å²) in [5.74, 6) is 0. The van der Waals surface area contributed by atoms with Crippen LogP contribution in [0.3, 0.4) is 0 Å². The number of hydrogen-bond acceptors (Lipinski definition) is 2. The van der Waals surface area contributed by atoms with Gasteiger partial charge in [0, 0.05) is 39.6 Å². The molecule has 2 rings (SSSR count). The van der Waals surface area contributed by atoms with Gasteiger partial charge < -0.3 is 9.80 Å². The smallest absolute Gasteiger partial charge is 0.112 e. The van der Waals surface area contributed by atoms with E-state index in [-0.39, 0.29) is 0 Å². The Balaban J connectivity index is 2.31. The van der Waals surface area contributed by atoms with E-state index in [9.17, 15) is 0 Å². The normalized spacial score (nSPS) is 11.3. The second kappa shape index (κ2) is 5.94. The molecule has 0 aliphatic rings. The van der Waals surface area contributed by atoms with Gasteiger partial charge in [0.2, 0.25) is 0 Å². The van der Waals surface area contributed by atoms with E-state index in [0.717, 1.165) is 0 Å². The van der Waals surface area contributed by atoms with Crippen LogP contribution in [0.1, 0.15) is 0 Å². The van der Waals surface area contributed by atoms with E-state index in [2.05, 4.69) is 99.6 Å². The van der Waals surface area contributed by atoms with Crippen molar-refractivity contribution in [3.63, 3.8) is 0 Å². The number of hydrogen-bond donors (Lipinski definition) is 0. The molecule has 0 atom stereocenters. The Bertz CT molecular complexity index is 530. The summed E-state index contributed by atoms with van der Waals surface area (Å²) >= 11 is 0. The van der Waals surface area contributed by atoms with Crippen LogP contribution in [-0.2, 0) is 0 Å². The first-order valence-electron chi connectivity index (χ1n) is 7.38. The molecule has 0 saturated carbocycles. The van der Waals surface area contributed by atoms with E-state index in [1.54, 1.807) is 0 Å². The summed E-state index contributed by atoms with van der Waals surface area (Å²) in [5.41, 5.74) is 2.51. The van der Waals surface area contributed by atoms with Gasteiger partial charge in [-0.1, -0.05) is 47.7 Å². The van der Waals surface area contributed by atoms with Crippen molar-refractivity contribution in [3.8, 4) is 0 Å². The molecule has 3 heteroatoms. The first-order valence-corrected chi connectivity index (χ1v) is 10.4. The van der Waals surface area contributed by atoms with E-state index < -0.39 is 8.07 Å². The summed E-state index contributed by atoms with van der Waals surface area (Å²) in [4.78, 5) is 4.29. The molecular formula is C18H26N2Si. The molecule has 2 aromatic rings. The predicted molar refractivity (Wildman–Crippen MR) is 98.3 cm³/mol. The Hall–Kier alpha value is -1.74. The van der Waals surface area contributed by atoms with Gasteiger partial charge in [-0.05, 0) is 24.3 Å². The Morgan fingerprint density at radius 3 is 1.10 bits per heavy atom. The summed E-state index contributed by atoms with van der Waals surface area (Å²) < 4.78 is 0. The van der Waals surface area contributed by atoms with Gasteiger partial charge >= 0.3 is 0 Å². The van der Waals surface area contributed by atoms with E-state index in [4.69, 9.17) is 0 Å². The van der Waals surface area contributed by atoms with E-state index in [1.165, 1.54) is 21.7 Å². The maximum absolute atomic E-state index is 2.42. The van der Waals surface area contributed by atoms with Crippen molar-refractivity contribution in [2.75, 3.05) is 38.0 Å². The topological polar surface area (TPSA) is 6.48 Å².